The van der Waals surface area contributed by atoms with Gasteiger partial charge in [0.05, 0.1) is 0 Å². The van der Waals surface area contributed by atoms with Gasteiger partial charge in [0.25, 0.3) is 5.91 Å². The molecule has 2 heterocycles. The maximum Gasteiger partial charge on any atom is 0.252 e. The molecule has 2 amide bonds. The number of nitrogens with one attached hydrogen (secondary N) is 1. The summed E-state index contributed by atoms with van der Waals surface area (Å²) in [6.07, 6.45) is 0.406. The van der Waals surface area contributed by atoms with E-state index < -0.39 is 12.1 Å². The summed E-state index contributed by atoms with van der Waals surface area (Å²) in [4.78, 5) is 26.8. The van der Waals surface area contributed by atoms with Crippen LogP contribution in [-0.4, -0.2) is 42.5 Å². The zero-order valence-corrected chi connectivity index (χ0v) is 13.2. The van der Waals surface area contributed by atoms with Crippen molar-refractivity contribution < 1.29 is 14.3 Å². The average molecular weight is 323 g/mol. The lowest BCUT2D eigenvalue weighted by Crippen LogP contribution is -2.55. The third-order valence-electron chi connectivity index (χ3n) is 4.33. The predicted octanol–water partition coefficient (Wildman–Crippen LogP) is 1.76. The molecule has 0 spiro atoms. The molecule has 2 aliphatic heterocycles. The Hall–Kier alpha value is -1.59. The molecule has 2 fully saturated rings. The van der Waals surface area contributed by atoms with Gasteiger partial charge in [-0.1, -0.05) is 36.7 Å². The van der Waals surface area contributed by atoms with Crippen LogP contribution in [0.2, 0.25) is 5.02 Å². The summed E-state index contributed by atoms with van der Waals surface area (Å²) in [5, 5.41) is 3.30. The molecule has 1 aromatic rings. The van der Waals surface area contributed by atoms with Crippen LogP contribution in [0.5, 0.6) is 0 Å². The van der Waals surface area contributed by atoms with Gasteiger partial charge in [-0.25, -0.2) is 0 Å². The monoisotopic (exact) mass is 322 g/mol. The second-order valence-corrected chi connectivity index (χ2v) is 6.21. The number of hydrogen-bond donors (Lipinski definition) is 1. The van der Waals surface area contributed by atoms with Gasteiger partial charge < -0.3 is 15.0 Å². The first kappa shape index (κ1) is 15.3. The fourth-order valence-corrected chi connectivity index (χ4v) is 3.32. The Morgan fingerprint density at radius 1 is 1.41 bits per heavy atom. The summed E-state index contributed by atoms with van der Waals surface area (Å²) in [5.74, 6) is -0.146. The number of hydrogen-bond acceptors (Lipinski definition) is 3. The Morgan fingerprint density at radius 2 is 2.18 bits per heavy atom. The van der Waals surface area contributed by atoms with Gasteiger partial charge in [0, 0.05) is 30.3 Å². The molecule has 3 atom stereocenters. The molecule has 118 valence electrons. The van der Waals surface area contributed by atoms with E-state index in [4.69, 9.17) is 16.3 Å². The second kappa shape index (κ2) is 6.26. The van der Waals surface area contributed by atoms with Gasteiger partial charge in [0.2, 0.25) is 5.91 Å². The van der Waals surface area contributed by atoms with Crippen molar-refractivity contribution in [2.45, 2.75) is 25.5 Å². The van der Waals surface area contributed by atoms with Crippen LogP contribution in [0, 0.1) is 5.92 Å². The van der Waals surface area contributed by atoms with Crippen molar-refractivity contribution in [3.8, 4) is 0 Å². The summed E-state index contributed by atoms with van der Waals surface area (Å²) in [5.41, 5.74) is 0.653. The number of carbonyl (C=O) groups excluding carboxylic acids is 2. The van der Waals surface area contributed by atoms with E-state index in [0.717, 1.165) is 6.42 Å². The zero-order valence-electron chi connectivity index (χ0n) is 12.4. The van der Waals surface area contributed by atoms with Crippen LogP contribution in [0.25, 0.3) is 0 Å². The first-order chi connectivity index (χ1) is 10.6. The van der Waals surface area contributed by atoms with Crippen LogP contribution < -0.4 is 5.32 Å². The first-order valence-corrected chi connectivity index (χ1v) is 7.91. The van der Waals surface area contributed by atoms with Crippen molar-refractivity contribution in [3.05, 3.63) is 34.9 Å². The van der Waals surface area contributed by atoms with E-state index >= 15 is 0 Å². The van der Waals surface area contributed by atoms with Gasteiger partial charge in [-0.05, 0) is 18.4 Å². The number of carbonyl (C=O) groups is 2. The van der Waals surface area contributed by atoms with Crippen LogP contribution in [0.1, 0.15) is 24.9 Å². The highest BCUT2D eigenvalue weighted by Crippen LogP contribution is 2.32. The lowest BCUT2D eigenvalue weighted by molar-refractivity contribution is -0.151. The van der Waals surface area contributed by atoms with Gasteiger partial charge in [0.15, 0.2) is 0 Å². The number of halogens is 1. The molecule has 0 radical (unpaired) electrons. The lowest BCUT2D eigenvalue weighted by Gasteiger charge is -2.37. The zero-order chi connectivity index (χ0) is 15.7. The second-order valence-electron chi connectivity index (χ2n) is 5.80. The van der Waals surface area contributed by atoms with E-state index in [0.29, 0.717) is 30.3 Å². The van der Waals surface area contributed by atoms with Crippen molar-refractivity contribution in [2.24, 2.45) is 5.92 Å². The van der Waals surface area contributed by atoms with E-state index in [9.17, 15) is 9.59 Å². The Labute approximate surface area is 134 Å². The molecule has 1 aromatic carbocycles. The van der Waals surface area contributed by atoms with Gasteiger partial charge in [-0.15, -0.1) is 0 Å². The Balaban J connectivity index is 1.92. The van der Waals surface area contributed by atoms with Crippen LogP contribution >= 0.6 is 11.6 Å². The molecule has 0 bridgehead atoms. The molecule has 2 saturated heterocycles. The molecular weight excluding hydrogens is 304 g/mol. The molecule has 6 heteroatoms. The van der Waals surface area contributed by atoms with Crippen molar-refractivity contribution >= 4 is 23.4 Å². The topological polar surface area (TPSA) is 58.6 Å². The van der Waals surface area contributed by atoms with Crippen LogP contribution in [0.15, 0.2) is 24.3 Å². The van der Waals surface area contributed by atoms with Crippen molar-refractivity contribution in [2.75, 3.05) is 19.7 Å². The number of nitrogens with zero attached hydrogens (tertiary/aromatic N) is 1. The SMILES string of the molecule is C[C@@H]1CCO[C@@H]1C(=O)N1CCNC(=O)[C@H]1c1ccccc1Cl. The Morgan fingerprint density at radius 3 is 2.86 bits per heavy atom. The normalized spacial score (nSPS) is 28.5. The van der Waals surface area contributed by atoms with Crippen LogP contribution in [-0.2, 0) is 14.3 Å². The van der Waals surface area contributed by atoms with E-state index in [-0.39, 0.29) is 17.7 Å². The first-order valence-electron chi connectivity index (χ1n) is 7.54. The molecule has 0 unspecified atom stereocenters. The van der Waals surface area contributed by atoms with E-state index in [2.05, 4.69) is 5.32 Å². The fourth-order valence-electron chi connectivity index (χ4n) is 3.08. The largest absolute Gasteiger partial charge is 0.368 e. The summed E-state index contributed by atoms with van der Waals surface area (Å²) < 4.78 is 5.57. The minimum Gasteiger partial charge on any atom is -0.368 e. The minimum absolute atomic E-state index is 0.121. The number of ether oxygens (including phenoxy) is 1. The average Bonchev–Trinajstić information content (AvgIpc) is 2.93. The molecule has 3 rings (SSSR count). The predicted molar refractivity (Wildman–Crippen MR) is 82.4 cm³/mol. The molecule has 0 aromatic heterocycles. The summed E-state index contributed by atoms with van der Waals surface area (Å²) in [6.45, 7) is 3.51. The van der Waals surface area contributed by atoms with Crippen molar-refractivity contribution in [3.63, 3.8) is 0 Å². The molecular formula is C16H19ClN2O3. The molecule has 0 aliphatic carbocycles. The molecule has 1 N–H and O–H groups in total. The third kappa shape index (κ3) is 2.71. The summed E-state index contributed by atoms with van der Waals surface area (Å²) in [7, 11) is 0. The molecule has 2 aliphatic rings. The van der Waals surface area contributed by atoms with Gasteiger partial charge >= 0.3 is 0 Å². The van der Waals surface area contributed by atoms with E-state index in [1.807, 2.05) is 13.0 Å². The van der Waals surface area contributed by atoms with Gasteiger partial charge in [0.1, 0.15) is 12.1 Å². The smallest absolute Gasteiger partial charge is 0.252 e. The quantitative estimate of drug-likeness (QED) is 0.902. The number of benzene rings is 1. The molecule has 0 saturated carbocycles. The van der Waals surface area contributed by atoms with E-state index in [1.165, 1.54) is 0 Å². The summed E-state index contributed by atoms with van der Waals surface area (Å²) in [6, 6.07) is 6.46. The standard InChI is InChI=1S/C16H19ClN2O3/c1-10-6-9-22-14(10)16(21)19-8-7-18-15(20)13(19)11-4-2-3-5-12(11)17/h2-5,10,13-14H,6-9H2,1H3,(H,18,20)/t10-,13-,14+/m1/s1. The third-order valence-corrected chi connectivity index (χ3v) is 4.67. The van der Waals surface area contributed by atoms with Crippen LogP contribution in [0.4, 0.5) is 0 Å². The Kier molecular flexibility index (Phi) is 4.36. The number of amides is 2. The fraction of sp³-hybridized carbons (Fsp3) is 0.500. The lowest BCUT2D eigenvalue weighted by atomic mass is 9.98. The minimum atomic E-state index is -0.689. The molecule has 5 nitrogen and oxygen atoms in total. The van der Waals surface area contributed by atoms with Gasteiger partial charge in [-0.3, -0.25) is 9.59 Å². The summed E-state index contributed by atoms with van der Waals surface area (Å²) >= 11 is 6.23. The Bertz CT molecular complexity index is 593. The van der Waals surface area contributed by atoms with E-state index in [1.54, 1.807) is 23.1 Å². The van der Waals surface area contributed by atoms with Crippen molar-refractivity contribution in [1.82, 2.24) is 10.2 Å². The number of piperazine rings is 1. The maximum atomic E-state index is 12.8. The highest BCUT2D eigenvalue weighted by Gasteiger charge is 2.41. The highest BCUT2D eigenvalue weighted by molar-refractivity contribution is 6.31. The van der Waals surface area contributed by atoms with Gasteiger partial charge in [-0.2, -0.15) is 0 Å². The highest BCUT2D eigenvalue weighted by atomic mass is 35.5. The molecule has 22 heavy (non-hydrogen) atoms. The number of rotatable bonds is 2. The van der Waals surface area contributed by atoms with Crippen molar-refractivity contribution in [1.29, 1.82) is 0 Å². The maximum absolute atomic E-state index is 12.8. The van der Waals surface area contributed by atoms with Crippen LogP contribution in [0.3, 0.4) is 0 Å².